The van der Waals surface area contributed by atoms with Crippen molar-refractivity contribution in [2.75, 3.05) is 13.2 Å². The van der Waals surface area contributed by atoms with Gasteiger partial charge in [0.1, 0.15) is 49.3 Å². The summed E-state index contributed by atoms with van der Waals surface area (Å²) in [6.45, 7) is 49.9. The number of aliphatic hydroxyl groups excluding tert-OH is 1. The van der Waals surface area contributed by atoms with Crippen molar-refractivity contribution in [3.05, 3.63) is 0 Å². The third kappa shape index (κ3) is 16.0. The zero-order valence-corrected chi connectivity index (χ0v) is 52.7. The molecule has 21 heteroatoms. The molecule has 3 aliphatic rings. The van der Waals surface area contributed by atoms with Gasteiger partial charge in [-0.05, 0) is 86.4 Å². The van der Waals surface area contributed by atoms with Crippen molar-refractivity contribution in [3.63, 3.8) is 0 Å². The minimum absolute atomic E-state index is 0.156. The number of esters is 2. The molecule has 3 saturated heterocycles. The molecule has 0 spiro atoms. The molecular formula is C51H97NO16Si4. The van der Waals surface area contributed by atoms with Gasteiger partial charge in [-0.15, -0.1) is 6.42 Å². The Hall–Kier alpha value is -1.60. The molecule has 2 N–H and O–H groups in total. The highest BCUT2D eigenvalue weighted by molar-refractivity contribution is 6.75. The average molecular weight is 1090 g/mol. The summed E-state index contributed by atoms with van der Waals surface area (Å²) in [5.41, 5.74) is 0. The summed E-state index contributed by atoms with van der Waals surface area (Å²) in [5, 5.41) is 14.5. The van der Waals surface area contributed by atoms with Gasteiger partial charge in [-0.1, -0.05) is 89.0 Å². The van der Waals surface area contributed by atoms with Crippen molar-refractivity contribution < 1.29 is 75.1 Å². The second-order valence-electron chi connectivity index (χ2n) is 26.1. The lowest BCUT2D eigenvalue weighted by Crippen LogP contribution is -2.69. The third-order valence-corrected chi connectivity index (χ3v) is 34.0. The maximum absolute atomic E-state index is 12.8. The molecule has 0 aromatic carbocycles. The number of carbonyl (C=O) groups excluding carboxylic acids is 3. The Balaban J connectivity index is 2.33. The number of terminal acetylenes is 1. The maximum Gasteiger partial charge on any atom is 0.303 e. The lowest BCUT2D eigenvalue weighted by atomic mass is 9.95. The van der Waals surface area contributed by atoms with E-state index in [2.05, 4.69) is 147 Å². The first kappa shape index (κ1) is 64.7. The summed E-state index contributed by atoms with van der Waals surface area (Å²) in [7, 11) is -10.5. The molecule has 17 nitrogen and oxygen atoms in total. The Bertz CT molecular complexity index is 1870. The van der Waals surface area contributed by atoms with E-state index in [1.807, 2.05) is 13.8 Å². The third-order valence-electron chi connectivity index (χ3n) is 16.1. The first-order valence-corrected chi connectivity index (χ1v) is 37.3. The van der Waals surface area contributed by atoms with Crippen molar-refractivity contribution in [1.82, 2.24) is 5.32 Å². The number of aliphatic hydroxyl groups is 1. The number of amides is 1. The average Bonchev–Trinajstić information content (AvgIpc) is 3.18. The molecule has 418 valence electrons. The van der Waals surface area contributed by atoms with E-state index in [1.54, 1.807) is 0 Å². The zero-order valence-electron chi connectivity index (χ0n) is 48.7. The molecule has 0 aliphatic carbocycles. The molecule has 0 bridgehead atoms. The predicted molar refractivity (Wildman–Crippen MR) is 286 cm³/mol. The van der Waals surface area contributed by atoms with Crippen LogP contribution in [0, 0.1) is 12.3 Å². The van der Waals surface area contributed by atoms with Gasteiger partial charge in [0.05, 0.1) is 24.9 Å². The van der Waals surface area contributed by atoms with Crippen molar-refractivity contribution >= 4 is 51.1 Å². The molecule has 0 aromatic heterocycles. The van der Waals surface area contributed by atoms with E-state index in [1.165, 1.54) is 20.8 Å². The second kappa shape index (κ2) is 24.0. The van der Waals surface area contributed by atoms with Crippen LogP contribution >= 0.6 is 0 Å². The lowest BCUT2D eigenvalue weighted by molar-refractivity contribution is -0.352. The summed E-state index contributed by atoms with van der Waals surface area (Å²) < 4.78 is 81.1. The van der Waals surface area contributed by atoms with Crippen LogP contribution in [0.3, 0.4) is 0 Å². The Morgan fingerprint density at radius 1 is 0.542 bits per heavy atom. The zero-order chi connectivity index (χ0) is 55.7. The molecule has 1 amide bonds. The van der Waals surface area contributed by atoms with Crippen molar-refractivity contribution in [3.8, 4) is 12.3 Å². The number of ether oxygens (including phenoxy) is 8. The van der Waals surface area contributed by atoms with Gasteiger partial charge in [0.25, 0.3) is 0 Å². The van der Waals surface area contributed by atoms with Crippen molar-refractivity contribution in [1.29, 1.82) is 0 Å². The van der Waals surface area contributed by atoms with Crippen LogP contribution in [-0.2, 0) is 70.0 Å². The van der Waals surface area contributed by atoms with Gasteiger partial charge in [-0.25, -0.2) is 0 Å². The van der Waals surface area contributed by atoms with Crippen molar-refractivity contribution in [2.24, 2.45) is 0 Å². The largest absolute Gasteiger partial charge is 0.456 e. The fourth-order valence-electron chi connectivity index (χ4n) is 7.72. The highest BCUT2D eigenvalue weighted by Crippen LogP contribution is 2.47. The van der Waals surface area contributed by atoms with Crippen LogP contribution in [0.2, 0.25) is 72.5 Å². The fourth-order valence-corrected chi connectivity index (χ4v) is 13.0. The van der Waals surface area contributed by atoms with Crippen LogP contribution in [0.25, 0.3) is 0 Å². The van der Waals surface area contributed by atoms with Crippen LogP contribution in [0.1, 0.15) is 118 Å². The van der Waals surface area contributed by atoms with E-state index in [9.17, 15) is 19.5 Å². The highest BCUT2D eigenvalue weighted by Gasteiger charge is 2.59. The van der Waals surface area contributed by atoms with Gasteiger partial charge in [0.2, 0.25) is 5.91 Å². The van der Waals surface area contributed by atoms with E-state index in [4.69, 9.17) is 62.0 Å². The smallest absolute Gasteiger partial charge is 0.303 e. The predicted octanol–water partition coefficient (Wildman–Crippen LogP) is 8.54. The maximum atomic E-state index is 12.8. The summed E-state index contributed by atoms with van der Waals surface area (Å²) >= 11 is 0. The van der Waals surface area contributed by atoms with Crippen LogP contribution in [-0.4, -0.2) is 161 Å². The monoisotopic (exact) mass is 1090 g/mol. The number of nitrogens with one attached hydrogen (secondary N) is 1. The number of hydrogen-bond donors (Lipinski definition) is 2. The van der Waals surface area contributed by atoms with Gasteiger partial charge in [0.15, 0.2) is 64.3 Å². The van der Waals surface area contributed by atoms with E-state index in [0.717, 1.165) is 0 Å². The second-order valence-corrected chi connectivity index (χ2v) is 45.2. The molecule has 0 radical (unpaired) electrons. The first-order valence-electron chi connectivity index (χ1n) is 25.7. The van der Waals surface area contributed by atoms with Gasteiger partial charge >= 0.3 is 11.9 Å². The molecule has 3 rings (SSSR count). The van der Waals surface area contributed by atoms with E-state index >= 15 is 0 Å². The fraction of sp³-hybridized carbons (Fsp3) is 0.902. The molecule has 3 fully saturated rings. The van der Waals surface area contributed by atoms with Crippen LogP contribution in [0.4, 0.5) is 0 Å². The van der Waals surface area contributed by atoms with Gasteiger partial charge in [-0.3, -0.25) is 14.4 Å². The quantitative estimate of drug-likeness (QED) is 0.0753. The topological polar surface area (TPSA) is 194 Å². The SMILES string of the molecule is C#CCO[C@@H]1O[C@H](CO[C@@H]2O[C@@H](C)[C@@H](O[Si](C)(C)C(C)(C)C)[C@@H](O[C@@H]3O[C@@H](C)[C@@H](O[Si](C)(C)C(C)(C)C)[C@@H](O)[C@@H]3O[Si](C)(C)C(C)(C)C)[C@@H]2O[Si](C)(C)C(C)(C)C)[C@@H](OC(C)=O)[C@H](OC(C)=O)[C@H]1NC(C)=O. The minimum atomic E-state index is -2.79. The number of hydrogen-bond acceptors (Lipinski definition) is 16. The Morgan fingerprint density at radius 2 is 0.944 bits per heavy atom. The molecule has 3 heterocycles. The normalized spacial score (nSPS) is 32.7. The van der Waals surface area contributed by atoms with E-state index in [-0.39, 0.29) is 33.4 Å². The summed E-state index contributed by atoms with van der Waals surface area (Å²) in [4.78, 5) is 38.1. The summed E-state index contributed by atoms with van der Waals surface area (Å²) in [6.07, 6.45) is -8.66. The molecular weight excluding hydrogens is 995 g/mol. The number of carbonyl (C=O) groups is 3. The number of rotatable bonds is 18. The standard InChI is InChI=1S/C51H97NO16Si4/c1-27-28-57-45-36(52-32(4)53)41(62-34(6)55)40(61-33(5)54)35(63-45)29-58-46-44(68-72(25,26)51(16,17)18)43(39(31(3)59-46)66-70(21,22)49(10,11)12)64-47-42(67-71(23,24)50(13,14)15)37(56)38(30(2)60-47)65-69(19,20)48(7,8)9/h1,30-31,35-47,56H,28-29H2,2-26H3,(H,52,53)/t30-,31-,35+,36+,37+,38+,39+,40+,41+,42-,43+,44-,45+,46+,47-/m0/s1. The van der Waals surface area contributed by atoms with Gasteiger partial charge in [-0.2, -0.15) is 0 Å². The molecule has 72 heavy (non-hydrogen) atoms. The Morgan fingerprint density at radius 3 is 1.38 bits per heavy atom. The first-order chi connectivity index (χ1) is 32.4. The van der Waals surface area contributed by atoms with Crippen LogP contribution in [0.5, 0.6) is 0 Å². The van der Waals surface area contributed by atoms with Gasteiger partial charge in [0, 0.05) is 20.8 Å². The highest BCUT2D eigenvalue weighted by atomic mass is 28.4. The van der Waals surface area contributed by atoms with Crippen LogP contribution < -0.4 is 5.32 Å². The van der Waals surface area contributed by atoms with E-state index in [0.29, 0.717) is 0 Å². The Kier molecular flexibility index (Phi) is 21.5. The van der Waals surface area contributed by atoms with Gasteiger partial charge < -0.3 is 66.0 Å². The van der Waals surface area contributed by atoms with Crippen molar-refractivity contribution in [2.45, 2.75) is 282 Å². The lowest BCUT2D eigenvalue weighted by Gasteiger charge is -2.54. The molecule has 0 unspecified atom stereocenters. The van der Waals surface area contributed by atoms with E-state index < -0.39 is 143 Å². The molecule has 0 saturated carbocycles. The summed E-state index contributed by atoms with van der Waals surface area (Å²) in [6, 6.07) is -1.13. The minimum Gasteiger partial charge on any atom is -0.456 e. The summed E-state index contributed by atoms with van der Waals surface area (Å²) in [5.74, 6) is 0.519. The van der Waals surface area contributed by atoms with Crippen LogP contribution in [0.15, 0.2) is 0 Å². The molecule has 15 atom stereocenters. The Labute approximate surface area is 437 Å². The molecule has 3 aliphatic heterocycles. The molecule has 0 aromatic rings.